The van der Waals surface area contributed by atoms with Gasteiger partial charge in [0, 0.05) is 16.4 Å². The van der Waals surface area contributed by atoms with Gasteiger partial charge in [-0.1, -0.05) is 35.5 Å². The lowest BCUT2D eigenvalue weighted by Crippen LogP contribution is -2.19. The summed E-state index contributed by atoms with van der Waals surface area (Å²) in [6.45, 7) is 2.84. The highest BCUT2D eigenvalue weighted by molar-refractivity contribution is 9.10. The van der Waals surface area contributed by atoms with E-state index in [-0.39, 0.29) is 0 Å². The van der Waals surface area contributed by atoms with Crippen LogP contribution in [0.4, 0.5) is 0 Å². The molecule has 4 nitrogen and oxygen atoms in total. The van der Waals surface area contributed by atoms with E-state index in [2.05, 4.69) is 61.3 Å². The van der Waals surface area contributed by atoms with E-state index in [9.17, 15) is 0 Å². The van der Waals surface area contributed by atoms with Gasteiger partial charge in [-0.3, -0.25) is 4.90 Å². The summed E-state index contributed by atoms with van der Waals surface area (Å²) >= 11 is 5.06. The van der Waals surface area contributed by atoms with Crippen molar-refractivity contribution in [1.82, 2.24) is 15.0 Å². The molecular weight excluding hydrogens is 374 g/mol. The number of nitrogens with zero attached hydrogens (tertiary/aromatic N) is 3. The van der Waals surface area contributed by atoms with Crippen molar-refractivity contribution < 1.29 is 4.52 Å². The highest BCUT2D eigenvalue weighted by atomic mass is 79.9. The summed E-state index contributed by atoms with van der Waals surface area (Å²) in [5.74, 6) is 1.97. The molecule has 0 saturated carbocycles. The van der Waals surface area contributed by atoms with E-state index < -0.39 is 0 Å². The van der Waals surface area contributed by atoms with E-state index in [1.54, 1.807) is 11.3 Å². The third kappa shape index (κ3) is 3.39. The van der Waals surface area contributed by atoms with Crippen molar-refractivity contribution in [1.29, 1.82) is 0 Å². The second-order valence-electron chi connectivity index (χ2n) is 5.77. The van der Waals surface area contributed by atoms with Crippen LogP contribution in [-0.4, -0.2) is 28.1 Å². The van der Waals surface area contributed by atoms with E-state index in [0.29, 0.717) is 17.6 Å². The monoisotopic (exact) mass is 389 g/mol. The molecule has 0 bridgehead atoms. The molecule has 0 N–H and O–H groups in total. The van der Waals surface area contributed by atoms with Gasteiger partial charge in [0.25, 0.3) is 0 Å². The molecular formula is C17H16BrN3OS. The quantitative estimate of drug-likeness (QED) is 0.656. The standard InChI is InChI=1S/C17H16BrN3OS/c18-14-8-15(23-11-14)17-19-16(22-20-17)10-21-7-6-13(9-21)12-4-2-1-3-5-12/h1-5,8,11,13H,6-7,9-10H2/t13-/m0/s1. The zero-order chi connectivity index (χ0) is 15.6. The highest BCUT2D eigenvalue weighted by Gasteiger charge is 2.25. The van der Waals surface area contributed by atoms with Crippen LogP contribution in [0.25, 0.3) is 10.7 Å². The molecule has 1 saturated heterocycles. The molecule has 23 heavy (non-hydrogen) atoms. The van der Waals surface area contributed by atoms with Crippen molar-refractivity contribution in [3.63, 3.8) is 0 Å². The molecule has 4 rings (SSSR count). The Balaban J connectivity index is 1.41. The van der Waals surface area contributed by atoms with Gasteiger partial charge in [-0.25, -0.2) is 0 Å². The summed E-state index contributed by atoms with van der Waals surface area (Å²) in [5, 5.41) is 6.12. The lowest BCUT2D eigenvalue weighted by atomic mass is 9.99. The van der Waals surface area contributed by atoms with Gasteiger partial charge in [0.2, 0.25) is 11.7 Å². The van der Waals surface area contributed by atoms with Gasteiger partial charge in [-0.05, 0) is 46.4 Å². The summed E-state index contributed by atoms with van der Waals surface area (Å²) in [6, 6.07) is 12.7. The number of benzene rings is 1. The lowest BCUT2D eigenvalue weighted by molar-refractivity contribution is 0.265. The Kier molecular flexibility index (Phi) is 4.29. The Labute approximate surface area is 147 Å². The van der Waals surface area contributed by atoms with E-state index in [1.807, 2.05) is 11.4 Å². The van der Waals surface area contributed by atoms with E-state index in [4.69, 9.17) is 4.52 Å². The van der Waals surface area contributed by atoms with Crippen molar-refractivity contribution in [2.45, 2.75) is 18.9 Å². The molecule has 1 aromatic carbocycles. The van der Waals surface area contributed by atoms with E-state index in [0.717, 1.165) is 29.0 Å². The van der Waals surface area contributed by atoms with Crippen molar-refractivity contribution in [3.8, 4) is 10.7 Å². The molecule has 1 aliphatic heterocycles. The van der Waals surface area contributed by atoms with Gasteiger partial charge >= 0.3 is 0 Å². The fourth-order valence-corrected chi connectivity index (χ4v) is 4.37. The van der Waals surface area contributed by atoms with Crippen molar-refractivity contribution in [3.05, 3.63) is 57.7 Å². The second kappa shape index (κ2) is 6.55. The minimum atomic E-state index is 0.604. The van der Waals surface area contributed by atoms with Gasteiger partial charge in [0.05, 0.1) is 11.4 Å². The molecule has 0 radical (unpaired) electrons. The Morgan fingerprint density at radius 1 is 1.30 bits per heavy atom. The first-order chi connectivity index (χ1) is 11.3. The lowest BCUT2D eigenvalue weighted by Gasteiger charge is -2.13. The van der Waals surface area contributed by atoms with Gasteiger partial charge in [0.15, 0.2) is 0 Å². The van der Waals surface area contributed by atoms with Crippen molar-refractivity contribution in [2.24, 2.45) is 0 Å². The van der Waals surface area contributed by atoms with Crippen LogP contribution >= 0.6 is 27.3 Å². The Morgan fingerprint density at radius 2 is 2.17 bits per heavy atom. The van der Waals surface area contributed by atoms with Crippen LogP contribution in [0.2, 0.25) is 0 Å². The fourth-order valence-electron chi connectivity index (χ4n) is 3.01. The third-order valence-electron chi connectivity index (χ3n) is 4.16. The number of halogens is 1. The van der Waals surface area contributed by atoms with E-state index >= 15 is 0 Å². The summed E-state index contributed by atoms with van der Waals surface area (Å²) in [5.41, 5.74) is 1.42. The summed E-state index contributed by atoms with van der Waals surface area (Å²) in [6.07, 6.45) is 1.18. The molecule has 1 atom stereocenters. The second-order valence-corrected chi connectivity index (χ2v) is 7.60. The first-order valence-electron chi connectivity index (χ1n) is 7.62. The molecule has 1 fully saturated rings. The molecule has 0 aliphatic carbocycles. The summed E-state index contributed by atoms with van der Waals surface area (Å²) in [7, 11) is 0. The minimum Gasteiger partial charge on any atom is -0.338 e. The molecule has 0 unspecified atom stereocenters. The number of hydrogen-bond acceptors (Lipinski definition) is 5. The first-order valence-corrected chi connectivity index (χ1v) is 9.29. The molecule has 3 heterocycles. The van der Waals surface area contributed by atoms with Gasteiger partial charge in [-0.2, -0.15) is 4.98 Å². The first kappa shape index (κ1) is 15.1. The van der Waals surface area contributed by atoms with Crippen LogP contribution in [0.15, 0.2) is 50.8 Å². The smallest absolute Gasteiger partial charge is 0.241 e. The third-order valence-corrected chi connectivity index (χ3v) is 5.85. The minimum absolute atomic E-state index is 0.604. The Morgan fingerprint density at radius 3 is 2.96 bits per heavy atom. The van der Waals surface area contributed by atoms with Crippen LogP contribution in [0.1, 0.15) is 23.8 Å². The summed E-state index contributed by atoms with van der Waals surface area (Å²) < 4.78 is 6.47. The maximum atomic E-state index is 5.42. The predicted molar refractivity (Wildman–Crippen MR) is 94.4 cm³/mol. The van der Waals surface area contributed by atoms with Crippen LogP contribution in [-0.2, 0) is 6.54 Å². The van der Waals surface area contributed by atoms with Crippen molar-refractivity contribution in [2.75, 3.05) is 13.1 Å². The zero-order valence-electron chi connectivity index (χ0n) is 12.5. The molecule has 3 aromatic rings. The molecule has 0 spiro atoms. The largest absolute Gasteiger partial charge is 0.338 e. The average molecular weight is 390 g/mol. The number of hydrogen-bond donors (Lipinski definition) is 0. The summed E-state index contributed by atoms with van der Waals surface area (Å²) in [4.78, 5) is 7.94. The molecule has 2 aromatic heterocycles. The molecule has 118 valence electrons. The fraction of sp³-hybridized carbons (Fsp3) is 0.294. The Bertz CT molecular complexity index is 786. The zero-order valence-corrected chi connectivity index (χ0v) is 14.9. The molecule has 0 amide bonds. The number of aromatic nitrogens is 2. The van der Waals surface area contributed by atoms with Crippen LogP contribution in [0.3, 0.4) is 0 Å². The maximum absolute atomic E-state index is 5.42. The van der Waals surface area contributed by atoms with Crippen molar-refractivity contribution >= 4 is 27.3 Å². The van der Waals surface area contributed by atoms with Crippen LogP contribution in [0.5, 0.6) is 0 Å². The van der Waals surface area contributed by atoms with E-state index in [1.165, 1.54) is 12.0 Å². The van der Waals surface area contributed by atoms with Gasteiger partial charge in [-0.15, -0.1) is 11.3 Å². The number of thiophene rings is 1. The number of rotatable bonds is 4. The highest BCUT2D eigenvalue weighted by Crippen LogP contribution is 2.30. The SMILES string of the molecule is Brc1csc(-c2noc(CN3CC[C@H](c4ccccc4)C3)n2)c1. The molecule has 6 heteroatoms. The Hall–Kier alpha value is -1.50. The van der Waals surface area contributed by atoms with Crippen LogP contribution in [0, 0.1) is 0 Å². The number of likely N-dealkylation sites (tertiary alicyclic amines) is 1. The maximum Gasteiger partial charge on any atom is 0.241 e. The van der Waals surface area contributed by atoms with Gasteiger partial charge < -0.3 is 4.52 Å². The molecule has 1 aliphatic rings. The average Bonchev–Trinajstić information content (AvgIpc) is 3.29. The van der Waals surface area contributed by atoms with Crippen LogP contribution < -0.4 is 0 Å². The normalized spacial score (nSPS) is 18.6. The van der Waals surface area contributed by atoms with Gasteiger partial charge in [0.1, 0.15) is 0 Å². The topological polar surface area (TPSA) is 42.2 Å². The predicted octanol–water partition coefficient (Wildman–Crippen LogP) is 4.55.